The smallest absolute Gasteiger partial charge is 0.165 e. The van der Waals surface area contributed by atoms with Gasteiger partial charge >= 0.3 is 0 Å². The molecule has 0 unspecified atom stereocenters. The highest BCUT2D eigenvalue weighted by Crippen LogP contribution is 2.26. The fourth-order valence-corrected chi connectivity index (χ4v) is 2.40. The lowest BCUT2D eigenvalue weighted by Crippen LogP contribution is -2.12. The topological polar surface area (TPSA) is 67.1 Å². The molecule has 0 saturated heterocycles. The Morgan fingerprint density at radius 3 is 2.71 bits per heavy atom. The van der Waals surface area contributed by atoms with Crippen LogP contribution < -0.4 is 4.90 Å². The number of rotatable bonds is 3. The van der Waals surface area contributed by atoms with Gasteiger partial charge in [-0.2, -0.15) is 0 Å². The average Bonchev–Trinajstić information content (AvgIpc) is 2.90. The van der Waals surface area contributed by atoms with Gasteiger partial charge in [-0.15, -0.1) is 0 Å². The molecule has 0 amide bonds. The molecule has 0 fully saturated rings. The molecule has 0 aliphatic rings. The monoisotopic (exact) mass is 283 g/mol. The van der Waals surface area contributed by atoms with Gasteiger partial charge in [-0.25, -0.2) is 15.0 Å². The van der Waals surface area contributed by atoms with E-state index in [1.807, 2.05) is 42.6 Å². The average molecular weight is 283 g/mol. The predicted molar refractivity (Wildman–Crippen MR) is 81.6 cm³/mol. The van der Waals surface area contributed by atoms with Gasteiger partial charge < -0.3 is 14.6 Å². The molecule has 3 rings (SSSR count). The first-order valence-electron chi connectivity index (χ1n) is 6.71. The maximum Gasteiger partial charge on any atom is 0.165 e. The van der Waals surface area contributed by atoms with Crippen molar-refractivity contribution in [1.82, 2.24) is 19.5 Å². The van der Waals surface area contributed by atoms with Crippen LogP contribution >= 0.6 is 0 Å². The molecule has 2 heterocycles. The van der Waals surface area contributed by atoms with Crippen LogP contribution in [0.3, 0.4) is 0 Å². The van der Waals surface area contributed by atoms with Gasteiger partial charge in [0.2, 0.25) is 0 Å². The number of nitrogens with zero attached hydrogens (tertiary/aromatic N) is 5. The Balaban J connectivity index is 2.11. The van der Waals surface area contributed by atoms with Crippen LogP contribution in [0.25, 0.3) is 11.2 Å². The van der Waals surface area contributed by atoms with Crippen molar-refractivity contribution in [3.05, 3.63) is 42.5 Å². The molecule has 2 aromatic heterocycles. The number of anilines is 1. The fraction of sp³-hybridized carbons (Fsp3) is 0.267. The number of hydrogen-bond acceptors (Lipinski definition) is 5. The minimum absolute atomic E-state index is 0.0204. The van der Waals surface area contributed by atoms with Crippen LogP contribution in [-0.4, -0.2) is 38.7 Å². The number of phenolic OH excluding ortho intramolecular Hbond substituents is 1. The third kappa shape index (κ3) is 2.29. The van der Waals surface area contributed by atoms with Crippen molar-refractivity contribution in [3.8, 4) is 5.75 Å². The van der Waals surface area contributed by atoms with Crippen molar-refractivity contribution in [1.29, 1.82) is 0 Å². The summed E-state index contributed by atoms with van der Waals surface area (Å²) in [6, 6.07) is 7.25. The van der Waals surface area contributed by atoms with E-state index in [9.17, 15) is 5.11 Å². The number of imidazole rings is 1. The minimum Gasteiger partial charge on any atom is -0.508 e. The Morgan fingerprint density at radius 1 is 1.19 bits per heavy atom. The summed E-state index contributed by atoms with van der Waals surface area (Å²) in [7, 11) is 3.86. The highest BCUT2D eigenvalue weighted by molar-refractivity contribution is 5.83. The van der Waals surface area contributed by atoms with Crippen molar-refractivity contribution in [2.24, 2.45) is 0 Å². The van der Waals surface area contributed by atoms with Gasteiger partial charge in [0, 0.05) is 14.1 Å². The van der Waals surface area contributed by atoms with Crippen LogP contribution in [0.4, 0.5) is 5.82 Å². The third-order valence-corrected chi connectivity index (χ3v) is 3.53. The molecule has 0 aliphatic carbocycles. The van der Waals surface area contributed by atoms with Crippen molar-refractivity contribution in [2.45, 2.75) is 13.0 Å². The highest BCUT2D eigenvalue weighted by Gasteiger charge is 2.16. The zero-order chi connectivity index (χ0) is 15.0. The number of phenols is 1. The van der Waals surface area contributed by atoms with Crippen molar-refractivity contribution < 1.29 is 5.11 Å². The summed E-state index contributed by atoms with van der Waals surface area (Å²) in [5.74, 6) is 1.05. The molecule has 108 valence electrons. The van der Waals surface area contributed by atoms with E-state index in [0.717, 1.165) is 22.5 Å². The molecular formula is C15H17N5O. The lowest BCUT2D eigenvalue weighted by atomic mass is 10.1. The van der Waals surface area contributed by atoms with Crippen LogP contribution in [0.15, 0.2) is 36.9 Å². The van der Waals surface area contributed by atoms with Crippen molar-refractivity contribution >= 4 is 17.0 Å². The molecule has 0 bridgehead atoms. The highest BCUT2D eigenvalue weighted by atomic mass is 16.3. The van der Waals surface area contributed by atoms with E-state index in [1.54, 1.807) is 24.8 Å². The molecule has 0 radical (unpaired) electrons. The lowest BCUT2D eigenvalue weighted by Gasteiger charge is -2.15. The van der Waals surface area contributed by atoms with Gasteiger partial charge in [0.1, 0.15) is 12.1 Å². The molecule has 1 aromatic carbocycles. The van der Waals surface area contributed by atoms with Crippen LogP contribution in [-0.2, 0) is 0 Å². The number of fused-ring (bicyclic) bond motifs is 1. The molecule has 6 nitrogen and oxygen atoms in total. The van der Waals surface area contributed by atoms with E-state index in [4.69, 9.17) is 0 Å². The summed E-state index contributed by atoms with van der Waals surface area (Å²) < 4.78 is 1.98. The quantitative estimate of drug-likeness (QED) is 0.798. The van der Waals surface area contributed by atoms with Gasteiger partial charge in [0.15, 0.2) is 17.0 Å². The fourth-order valence-electron chi connectivity index (χ4n) is 2.40. The summed E-state index contributed by atoms with van der Waals surface area (Å²) in [6.07, 6.45) is 3.31. The molecule has 6 heteroatoms. The summed E-state index contributed by atoms with van der Waals surface area (Å²) in [5.41, 5.74) is 2.55. The summed E-state index contributed by atoms with van der Waals surface area (Å²) in [5, 5.41) is 9.63. The summed E-state index contributed by atoms with van der Waals surface area (Å²) in [4.78, 5) is 15.0. The van der Waals surface area contributed by atoms with Crippen molar-refractivity contribution in [2.75, 3.05) is 19.0 Å². The molecule has 1 N–H and O–H groups in total. The van der Waals surface area contributed by atoms with Gasteiger partial charge in [-0.1, -0.05) is 12.1 Å². The van der Waals surface area contributed by atoms with E-state index in [0.29, 0.717) is 0 Å². The predicted octanol–water partition coefficient (Wildman–Crippen LogP) is 2.21. The SMILES string of the molecule is C[C@@H](c1cccc(O)c1)n1cnc2c(N(C)C)ncnc21. The number of aromatic hydroxyl groups is 1. The third-order valence-electron chi connectivity index (χ3n) is 3.53. The second kappa shape index (κ2) is 5.05. The van der Waals surface area contributed by atoms with Gasteiger partial charge in [0.25, 0.3) is 0 Å². The van der Waals surface area contributed by atoms with E-state index < -0.39 is 0 Å². The standard InChI is InChI=1S/C15H17N5O/c1-10(11-5-4-6-12(21)7-11)20-9-18-13-14(19(2)3)16-8-17-15(13)20/h4-10,21H,1-3H3/t10-/m0/s1. The Kier molecular flexibility index (Phi) is 3.21. The second-order valence-corrected chi connectivity index (χ2v) is 5.19. The van der Waals surface area contributed by atoms with Crippen LogP contribution in [0, 0.1) is 0 Å². The number of aromatic nitrogens is 4. The van der Waals surface area contributed by atoms with E-state index in [1.165, 1.54) is 0 Å². The summed E-state index contributed by atoms with van der Waals surface area (Å²) >= 11 is 0. The number of hydrogen-bond donors (Lipinski definition) is 1. The number of benzene rings is 1. The van der Waals surface area contributed by atoms with Crippen LogP contribution in [0.5, 0.6) is 5.75 Å². The Morgan fingerprint density at radius 2 is 2.00 bits per heavy atom. The first kappa shape index (κ1) is 13.4. The van der Waals surface area contributed by atoms with Gasteiger partial charge in [-0.05, 0) is 24.6 Å². The minimum atomic E-state index is 0.0204. The van der Waals surface area contributed by atoms with E-state index in [-0.39, 0.29) is 11.8 Å². The molecule has 0 spiro atoms. The molecule has 21 heavy (non-hydrogen) atoms. The van der Waals surface area contributed by atoms with E-state index in [2.05, 4.69) is 15.0 Å². The Hall–Kier alpha value is -2.63. The van der Waals surface area contributed by atoms with Gasteiger partial charge in [0.05, 0.1) is 12.4 Å². The first-order valence-corrected chi connectivity index (χ1v) is 6.71. The Bertz CT molecular complexity index is 781. The molecule has 0 saturated carbocycles. The van der Waals surface area contributed by atoms with E-state index >= 15 is 0 Å². The second-order valence-electron chi connectivity index (χ2n) is 5.19. The van der Waals surface area contributed by atoms with Crippen LogP contribution in [0.2, 0.25) is 0 Å². The van der Waals surface area contributed by atoms with Crippen LogP contribution in [0.1, 0.15) is 18.5 Å². The molecule has 1 atom stereocenters. The summed E-state index contributed by atoms with van der Waals surface area (Å²) in [6.45, 7) is 2.05. The maximum atomic E-state index is 9.63. The molecule has 3 aromatic rings. The molecular weight excluding hydrogens is 266 g/mol. The first-order chi connectivity index (χ1) is 10.1. The largest absolute Gasteiger partial charge is 0.508 e. The zero-order valence-electron chi connectivity index (χ0n) is 12.2. The van der Waals surface area contributed by atoms with Gasteiger partial charge in [-0.3, -0.25) is 0 Å². The van der Waals surface area contributed by atoms with Crippen molar-refractivity contribution in [3.63, 3.8) is 0 Å². The maximum absolute atomic E-state index is 9.63. The lowest BCUT2D eigenvalue weighted by molar-refractivity contribution is 0.473. The Labute approximate surface area is 122 Å². The molecule has 0 aliphatic heterocycles. The zero-order valence-corrected chi connectivity index (χ0v) is 12.2. The normalized spacial score (nSPS) is 12.5.